The number of carbonyl (C=O) groups is 1. The van der Waals surface area contributed by atoms with Gasteiger partial charge in [-0.3, -0.25) is 15.1 Å². The number of carboxylic acids is 1. The third kappa shape index (κ3) is 4.97. The zero-order chi connectivity index (χ0) is 17.5. The number of allylic oxidation sites excluding steroid dienone is 1. The van der Waals surface area contributed by atoms with Gasteiger partial charge < -0.3 is 15.3 Å². The molecule has 0 radical (unpaired) electrons. The van der Waals surface area contributed by atoms with Crippen LogP contribution >= 0.6 is 0 Å². The molecule has 0 amide bonds. The molecule has 0 spiro atoms. The maximum Gasteiger partial charge on any atom is 0.303 e. The second-order valence-corrected chi connectivity index (χ2v) is 6.51. The van der Waals surface area contributed by atoms with Gasteiger partial charge in [0, 0.05) is 18.0 Å². The number of hydrogen-bond donors (Lipinski definition) is 4. The van der Waals surface area contributed by atoms with E-state index in [1.165, 1.54) is 0 Å². The van der Waals surface area contributed by atoms with Crippen LogP contribution in [0.1, 0.15) is 51.9 Å². The number of aliphatic hydroxyl groups excluding tert-OH is 2. The zero-order valence-corrected chi connectivity index (χ0v) is 14.1. The Labute approximate surface area is 142 Å². The van der Waals surface area contributed by atoms with Gasteiger partial charge in [0.05, 0.1) is 18.6 Å². The summed E-state index contributed by atoms with van der Waals surface area (Å²) < 4.78 is 0. The molecule has 6 nitrogen and oxygen atoms in total. The Morgan fingerprint density at radius 3 is 2.92 bits per heavy atom. The molecule has 6 heteroatoms. The third-order valence-corrected chi connectivity index (χ3v) is 4.62. The molecule has 1 fully saturated rings. The van der Waals surface area contributed by atoms with Crippen LogP contribution in [0, 0.1) is 23.7 Å². The highest BCUT2D eigenvalue weighted by atomic mass is 16.6. The maximum absolute atomic E-state index is 10.4. The van der Waals surface area contributed by atoms with Crippen molar-refractivity contribution in [3.05, 3.63) is 11.3 Å². The molecule has 1 saturated carbocycles. The first kappa shape index (κ1) is 18.8. The Balaban J connectivity index is 1.79. The molecule has 134 valence electrons. The van der Waals surface area contributed by atoms with Crippen molar-refractivity contribution >= 4 is 5.97 Å². The predicted molar refractivity (Wildman–Crippen MR) is 88.5 cm³/mol. The van der Waals surface area contributed by atoms with Gasteiger partial charge in [-0.1, -0.05) is 31.6 Å². The van der Waals surface area contributed by atoms with Gasteiger partial charge in [-0.2, -0.15) is 0 Å². The molecule has 0 aromatic heterocycles. The van der Waals surface area contributed by atoms with E-state index >= 15 is 0 Å². The summed E-state index contributed by atoms with van der Waals surface area (Å²) in [7, 11) is 0. The number of rotatable bonds is 9. The van der Waals surface area contributed by atoms with Gasteiger partial charge in [0.25, 0.3) is 0 Å². The monoisotopic (exact) mass is 337 g/mol. The molecule has 0 aromatic carbocycles. The molecule has 4 atom stereocenters. The average molecular weight is 337 g/mol. The number of fused-ring (bicyclic) bond motifs is 1. The molecule has 2 aliphatic rings. The Bertz CT molecular complexity index is 533. The van der Waals surface area contributed by atoms with Crippen LogP contribution in [0.25, 0.3) is 0 Å². The first-order valence-electron chi connectivity index (χ1n) is 8.71. The number of nitrogens with one attached hydrogen (secondary N) is 1. The number of aliphatic hydroxyl groups is 2. The number of unbranched alkanes of at least 4 members (excludes halogenated alkanes) is 1. The summed E-state index contributed by atoms with van der Waals surface area (Å²) in [5.41, 5.74) is 4.99. The number of carboxylic acid groups (broad SMARTS) is 1. The lowest BCUT2D eigenvalue weighted by Crippen LogP contribution is -2.30. The van der Waals surface area contributed by atoms with Gasteiger partial charge in [0.15, 0.2) is 0 Å². The van der Waals surface area contributed by atoms with Crippen molar-refractivity contribution in [1.82, 2.24) is 5.48 Å². The van der Waals surface area contributed by atoms with Crippen molar-refractivity contribution in [2.75, 3.05) is 6.61 Å². The second-order valence-electron chi connectivity index (χ2n) is 6.51. The van der Waals surface area contributed by atoms with E-state index in [4.69, 9.17) is 9.94 Å². The quantitative estimate of drug-likeness (QED) is 0.290. The summed E-state index contributed by atoms with van der Waals surface area (Å²) in [6.45, 7) is 2.41. The van der Waals surface area contributed by atoms with E-state index in [2.05, 4.69) is 24.2 Å². The van der Waals surface area contributed by atoms with E-state index < -0.39 is 18.2 Å². The fourth-order valence-electron chi connectivity index (χ4n) is 3.21. The molecule has 2 rings (SSSR count). The molecule has 4 N–H and O–H groups in total. The van der Waals surface area contributed by atoms with Gasteiger partial charge in [-0.15, -0.1) is 0 Å². The van der Waals surface area contributed by atoms with E-state index in [0.29, 0.717) is 25.9 Å². The zero-order valence-electron chi connectivity index (χ0n) is 14.1. The van der Waals surface area contributed by atoms with Crippen LogP contribution in [0.2, 0.25) is 0 Å². The second kappa shape index (κ2) is 9.07. The Morgan fingerprint density at radius 2 is 2.21 bits per heavy atom. The minimum atomic E-state index is -0.828. The topological polar surface area (TPSA) is 99.0 Å². The summed E-state index contributed by atoms with van der Waals surface area (Å²) in [4.78, 5) is 15.7. The summed E-state index contributed by atoms with van der Waals surface area (Å²) in [5.74, 6) is 5.23. The van der Waals surface area contributed by atoms with Gasteiger partial charge >= 0.3 is 5.97 Å². The molecule has 0 aromatic rings. The lowest BCUT2D eigenvalue weighted by Gasteiger charge is -2.30. The van der Waals surface area contributed by atoms with Crippen molar-refractivity contribution in [2.45, 2.75) is 64.1 Å². The molecule has 24 heavy (non-hydrogen) atoms. The van der Waals surface area contributed by atoms with Crippen LogP contribution in [0.3, 0.4) is 0 Å². The number of hydroxylamine groups is 1. The molecule has 0 aliphatic heterocycles. The van der Waals surface area contributed by atoms with Crippen LogP contribution in [0.15, 0.2) is 11.3 Å². The van der Waals surface area contributed by atoms with Gasteiger partial charge in [-0.25, -0.2) is 0 Å². The Hall–Kier alpha value is -1.55. The highest BCUT2D eigenvalue weighted by molar-refractivity contribution is 5.66. The molecular weight excluding hydrogens is 310 g/mol. The normalized spacial score (nSPS) is 26.2. The van der Waals surface area contributed by atoms with Crippen LogP contribution in [-0.4, -0.2) is 40.1 Å². The van der Waals surface area contributed by atoms with Crippen LogP contribution in [0.4, 0.5) is 0 Å². The van der Waals surface area contributed by atoms with E-state index in [1.807, 2.05) is 0 Å². The standard InChI is InChI=1S/C18H27NO5/c1-2-3-5-12(20)7-8-13-14-10-16(15(14)11-17(13)21)19-24-9-4-6-18(22)23/h12-14,17,19-21H,2-6,9-11H2,1H3,(H,22,23). The van der Waals surface area contributed by atoms with Gasteiger partial charge in [0.1, 0.15) is 6.10 Å². The minimum absolute atomic E-state index is 0.0902. The lowest BCUT2D eigenvalue weighted by molar-refractivity contribution is -0.137. The van der Waals surface area contributed by atoms with Crippen molar-refractivity contribution in [2.24, 2.45) is 11.8 Å². The van der Waals surface area contributed by atoms with Crippen molar-refractivity contribution in [3.8, 4) is 11.8 Å². The maximum atomic E-state index is 10.4. The van der Waals surface area contributed by atoms with Crippen molar-refractivity contribution in [3.63, 3.8) is 0 Å². The van der Waals surface area contributed by atoms with Gasteiger partial charge in [-0.05, 0) is 31.3 Å². The number of hydrogen-bond acceptors (Lipinski definition) is 5. The molecule has 0 heterocycles. The van der Waals surface area contributed by atoms with Crippen LogP contribution < -0.4 is 5.48 Å². The molecule has 0 saturated heterocycles. The Morgan fingerprint density at radius 1 is 1.42 bits per heavy atom. The molecule has 2 aliphatic carbocycles. The SMILES string of the molecule is CCCCC(O)C#CC1C(O)CC2=C(NOCCCC(=O)O)CC21. The van der Waals surface area contributed by atoms with Crippen LogP contribution in [-0.2, 0) is 9.63 Å². The lowest BCUT2D eigenvalue weighted by atomic mass is 9.79. The summed E-state index contributed by atoms with van der Waals surface area (Å²) in [6.07, 6.45) is 3.45. The minimum Gasteiger partial charge on any atom is -0.481 e. The largest absolute Gasteiger partial charge is 0.481 e. The predicted octanol–water partition coefficient (Wildman–Crippen LogP) is 1.58. The molecule has 0 bridgehead atoms. The van der Waals surface area contributed by atoms with E-state index in [-0.39, 0.29) is 18.3 Å². The average Bonchev–Trinajstić information content (AvgIpc) is 2.77. The van der Waals surface area contributed by atoms with Crippen molar-refractivity contribution in [1.29, 1.82) is 0 Å². The summed E-state index contributed by atoms with van der Waals surface area (Å²) in [5, 5.41) is 28.6. The van der Waals surface area contributed by atoms with E-state index in [0.717, 1.165) is 30.5 Å². The van der Waals surface area contributed by atoms with E-state index in [1.54, 1.807) is 0 Å². The van der Waals surface area contributed by atoms with Crippen LogP contribution in [0.5, 0.6) is 0 Å². The Kier molecular flexibility index (Phi) is 7.10. The van der Waals surface area contributed by atoms with Gasteiger partial charge in [0.2, 0.25) is 0 Å². The first-order valence-corrected chi connectivity index (χ1v) is 8.71. The summed E-state index contributed by atoms with van der Waals surface area (Å²) >= 11 is 0. The first-order chi connectivity index (χ1) is 11.5. The fourth-order valence-corrected chi connectivity index (χ4v) is 3.21. The van der Waals surface area contributed by atoms with Crippen molar-refractivity contribution < 1.29 is 25.0 Å². The number of aliphatic carboxylic acids is 1. The van der Waals surface area contributed by atoms with E-state index in [9.17, 15) is 15.0 Å². The highest BCUT2D eigenvalue weighted by Crippen LogP contribution is 2.48. The third-order valence-electron chi connectivity index (χ3n) is 4.62. The molecule has 4 unspecified atom stereocenters. The smallest absolute Gasteiger partial charge is 0.303 e. The fraction of sp³-hybridized carbons (Fsp3) is 0.722. The molecular formula is C18H27NO5. The highest BCUT2D eigenvalue weighted by Gasteiger charge is 2.45. The summed E-state index contributed by atoms with van der Waals surface area (Å²) in [6, 6.07) is 0.